The van der Waals surface area contributed by atoms with E-state index in [1.165, 1.54) is 4.90 Å². The summed E-state index contributed by atoms with van der Waals surface area (Å²) in [6.07, 6.45) is -1.24. The van der Waals surface area contributed by atoms with Crippen LogP contribution >= 0.6 is 11.3 Å². The smallest absolute Gasteiger partial charge is 0.407 e. The number of aliphatic hydroxyl groups excluding tert-OH is 1. The highest BCUT2D eigenvalue weighted by atomic mass is 32.1. The number of likely N-dealkylation sites (tertiary alicyclic amines) is 1. The van der Waals surface area contributed by atoms with Crippen molar-refractivity contribution in [2.24, 2.45) is 5.41 Å². The first-order valence-electron chi connectivity index (χ1n) is 16.2. The number of alkyl carbamates (subject to hydrolysis) is 1. The van der Waals surface area contributed by atoms with Crippen LogP contribution in [-0.4, -0.2) is 102 Å². The van der Waals surface area contributed by atoms with Crippen LogP contribution in [0.2, 0.25) is 0 Å². The second-order valence-electron chi connectivity index (χ2n) is 13.8. The summed E-state index contributed by atoms with van der Waals surface area (Å²) in [6, 6.07) is 6.07. The molecule has 0 saturated carbocycles. The Balaban J connectivity index is 1.44. The van der Waals surface area contributed by atoms with Gasteiger partial charge in [-0.2, -0.15) is 0 Å². The van der Waals surface area contributed by atoms with Crippen molar-refractivity contribution in [1.29, 1.82) is 0 Å². The molecule has 1 saturated heterocycles. The van der Waals surface area contributed by atoms with Gasteiger partial charge in [0.15, 0.2) is 0 Å². The number of aryl methyl sites for hydroxylation is 1. The first-order chi connectivity index (χ1) is 22.5. The molecule has 0 spiro atoms. The predicted molar refractivity (Wildman–Crippen MR) is 182 cm³/mol. The normalized spacial score (nSPS) is 17.1. The highest BCUT2D eigenvalue weighted by Gasteiger charge is 2.44. The molecule has 1 aromatic heterocycles. The average Bonchev–Trinajstić information content (AvgIpc) is 3.61. The molecule has 0 radical (unpaired) electrons. The molecule has 3 rings (SSSR count). The quantitative estimate of drug-likeness (QED) is 0.205. The molecule has 266 valence electrons. The number of carbonyl (C=O) groups is 4. The van der Waals surface area contributed by atoms with Gasteiger partial charge in [0.2, 0.25) is 17.7 Å². The topological polar surface area (TPSA) is 168 Å². The lowest BCUT2D eigenvalue weighted by molar-refractivity contribution is -0.144. The number of amides is 4. The zero-order valence-electron chi connectivity index (χ0n) is 29.1. The van der Waals surface area contributed by atoms with Crippen molar-refractivity contribution in [3.8, 4) is 10.4 Å². The van der Waals surface area contributed by atoms with E-state index in [9.17, 15) is 24.3 Å². The van der Waals surface area contributed by atoms with E-state index in [4.69, 9.17) is 14.2 Å². The number of aliphatic hydroxyl groups is 1. The lowest BCUT2D eigenvalue weighted by Gasteiger charge is -2.35. The highest BCUT2D eigenvalue weighted by Crippen LogP contribution is 2.28. The number of ether oxygens (including phenoxy) is 3. The molecule has 4 amide bonds. The first kappa shape index (κ1) is 38.9. The molecule has 48 heavy (non-hydrogen) atoms. The van der Waals surface area contributed by atoms with Gasteiger partial charge in [-0.05, 0) is 44.2 Å². The largest absolute Gasteiger partial charge is 0.444 e. The van der Waals surface area contributed by atoms with Crippen LogP contribution in [0.3, 0.4) is 0 Å². The van der Waals surface area contributed by atoms with Crippen molar-refractivity contribution >= 4 is 35.2 Å². The fraction of sp³-hybridized carbons (Fsp3) is 0.618. The minimum Gasteiger partial charge on any atom is -0.444 e. The molecule has 1 aliphatic heterocycles. The molecule has 3 atom stereocenters. The summed E-state index contributed by atoms with van der Waals surface area (Å²) >= 11 is 1.57. The fourth-order valence-corrected chi connectivity index (χ4v) is 5.85. The zero-order chi connectivity index (χ0) is 35.5. The van der Waals surface area contributed by atoms with E-state index < -0.39 is 41.2 Å². The Labute approximate surface area is 287 Å². The summed E-state index contributed by atoms with van der Waals surface area (Å²) < 4.78 is 16.1. The summed E-state index contributed by atoms with van der Waals surface area (Å²) in [5.74, 6) is -1.16. The molecule has 2 aromatic rings. The van der Waals surface area contributed by atoms with Gasteiger partial charge in [0.25, 0.3) is 0 Å². The third-order valence-electron chi connectivity index (χ3n) is 7.47. The number of hydrogen-bond acceptors (Lipinski definition) is 10. The Morgan fingerprint density at radius 3 is 2.27 bits per heavy atom. The van der Waals surface area contributed by atoms with Crippen molar-refractivity contribution in [3.05, 3.63) is 41.0 Å². The standard InChI is InChI=1S/C34H51N5O8S/c1-22-28(48-21-37-22)24-10-8-23(9-11-24)19-36-30(42)26-18-25(40)20-39(26)31(43)29(33(2,3)4)38-27(41)12-14-45-16-17-46-15-13-35-32(44)47-34(5,6)7/h8-11,21,25-26,29,40H,12-20H2,1-7H3,(H,35,44)(H,36,42)(H,38,41). The number of β-amino-alcohol motifs (C(OH)–C–C–N with tert-alkyl or cyclic N) is 1. The maximum absolute atomic E-state index is 13.8. The Morgan fingerprint density at radius 2 is 1.67 bits per heavy atom. The van der Waals surface area contributed by atoms with Crippen molar-refractivity contribution in [1.82, 2.24) is 25.8 Å². The van der Waals surface area contributed by atoms with Crippen LogP contribution in [-0.2, 0) is 35.1 Å². The molecule has 2 heterocycles. The summed E-state index contributed by atoms with van der Waals surface area (Å²) in [4.78, 5) is 58.3. The molecule has 13 nitrogen and oxygen atoms in total. The molecular weight excluding hydrogens is 638 g/mol. The van der Waals surface area contributed by atoms with Crippen LogP contribution in [0.25, 0.3) is 10.4 Å². The Bertz CT molecular complexity index is 1370. The van der Waals surface area contributed by atoms with Crippen LogP contribution in [0.5, 0.6) is 0 Å². The second kappa shape index (κ2) is 17.7. The number of aromatic nitrogens is 1. The van der Waals surface area contributed by atoms with E-state index in [1.54, 1.807) is 32.1 Å². The molecule has 3 unspecified atom stereocenters. The third kappa shape index (κ3) is 12.5. The van der Waals surface area contributed by atoms with E-state index in [1.807, 2.05) is 57.5 Å². The third-order valence-corrected chi connectivity index (χ3v) is 8.45. The van der Waals surface area contributed by atoms with Gasteiger partial charge in [-0.3, -0.25) is 14.4 Å². The summed E-state index contributed by atoms with van der Waals surface area (Å²) in [7, 11) is 0. The van der Waals surface area contributed by atoms with Crippen molar-refractivity contribution < 1.29 is 38.5 Å². The van der Waals surface area contributed by atoms with Crippen molar-refractivity contribution in [2.75, 3.05) is 39.5 Å². The fourth-order valence-electron chi connectivity index (χ4n) is 5.04. The number of benzene rings is 1. The molecule has 1 aliphatic rings. The predicted octanol–water partition coefficient (Wildman–Crippen LogP) is 3.18. The SMILES string of the molecule is Cc1ncsc1-c1ccc(CNC(=O)C2CC(O)CN2C(=O)C(NC(=O)CCOCCOCCNC(=O)OC(C)(C)C)C(C)(C)C)cc1. The monoisotopic (exact) mass is 689 g/mol. The molecule has 0 aliphatic carbocycles. The van der Waals surface area contributed by atoms with Crippen LogP contribution < -0.4 is 16.0 Å². The Hall–Kier alpha value is -3.59. The van der Waals surface area contributed by atoms with E-state index in [0.29, 0.717) is 0 Å². The summed E-state index contributed by atoms with van der Waals surface area (Å²) in [6.45, 7) is 14.3. The van der Waals surface area contributed by atoms with E-state index >= 15 is 0 Å². The summed E-state index contributed by atoms with van der Waals surface area (Å²) in [5, 5.41) is 18.8. The number of nitrogens with one attached hydrogen (secondary N) is 3. The van der Waals surface area contributed by atoms with Crippen molar-refractivity contribution in [3.63, 3.8) is 0 Å². The first-order valence-corrected chi connectivity index (χ1v) is 17.1. The Morgan fingerprint density at radius 1 is 1.00 bits per heavy atom. The van der Waals surface area contributed by atoms with Gasteiger partial charge >= 0.3 is 6.09 Å². The van der Waals surface area contributed by atoms with Crippen LogP contribution in [0, 0.1) is 12.3 Å². The molecule has 4 N–H and O–H groups in total. The number of nitrogens with zero attached hydrogens (tertiary/aromatic N) is 2. The van der Waals surface area contributed by atoms with Gasteiger partial charge in [-0.1, -0.05) is 45.0 Å². The number of carbonyl (C=O) groups excluding carboxylic acids is 4. The second-order valence-corrected chi connectivity index (χ2v) is 14.7. The zero-order valence-corrected chi connectivity index (χ0v) is 29.9. The molecule has 0 bridgehead atoms. The molecule has 1 fully saturated rings. The lowest BCUT2D eigenvalue weighted by atomic mass is 9.85. The van der Waals surface area contributed by atoms with Gasteiger partial charge in [0.05, 0.1) is 48.6 Å². The Kier molecular flexibility index (Phi) is 14.3. The van der Waals surface area contributed by atoms with E-state index in [2.05, 4.69) is 20.9 Å². The van der Waals surface area contributed by atoms with Gasteiger partial charge in [-0.25, -0.2) is 9.78 Å². The molecular formula is C34H51N5O8S. The summed E-state index contributed by atoms with van der Waals surface area (Å²) in [5.41, 5.74) is 3.49. The maximum atomic E-state index is 13.8. The molecule has 14 heteroatoms. The minimum absolute atomic E-state index is 0.00132. The van der Waals surface area contributed by atoms with Gasteiger partial charge in [0, 0.05) is 32.5 Å². The minimum atomic E-state index is -0.922. The van der Waals surface area contributed by atoms with Crippen molar-refractivity contribution in [2.45, 2.75) is 91.6 Å². The van der Waals surface area contributed by atoms with Crippen LogP contribution in [0.15, 0.2) is 29.8 Å². The number of hydrogen-bond donors (Lipinski definition) is 4. The van der Waals surface area contributed by atoms with Gasteiger partial charge < -0.3 is 40.2 Å². The van der Waals surface area contributed by atoms with Crippen LogP contribution in [0.4, 0.5) is 4.79 Å². The highest BCUT2D eigenvalue weighted by molar-refractivity contribution is 7.13. The number of thiazole rings is 1. The van der Waals surface area contributed by atoms with Gasteiger partial charge in [-0.15, -0.1) is 11.3 Å². The number of rotatable bonds is 15. The van der Waals surface area contributed by atoms with E-state index in [-0.39, 0.29) is 70.7 Å². The molecule has 1 aromatic carbocycles. The van der Waals surface area contributed by atoms with E-state index in [0.717, 1.165) is 21.7 Å². The van der Waals surface area contributed by atoms with Gasteiger partial charge in [0.1, 0.15) is 17.7 Å². The lowest BCUT2D eigenvalue weighted by Crippen LogP contribution is -2.57. The van der Waals surface area contributed by atoms with Crippen LogP contribution in [0.1, 0.15) is 65.6 Å². The average molecular weight is 690 g/mol. The maximum Gasteiger partial charge on any atom is 0.407 e.